The first kappa shape index (κ1) is 17.9. The van der Waals surface area contributed by atoms with Gasteiger partial charge in [0, 0.05) is 23.8 Å². The van der Waals surface area contributed by atoms with Crippen LogP contribution in [0.4, 0.5) is 0 Å². The minimum Gasteiger partial charge on any atom is -0.493 e. The predicted octanol–water partition coefficient (Wildman–Crippen LogP) is 3.97. The van der Waals surface area contributed by atoms with E-state index in [0.717, 1.165) is 16.0 Å². The van der Waals surface area contributed by atoms with Crippen LogP contribution in [0.25, 0.3) is 0 Å². The summed E-state index contributed by atoms with van der Waals surface area (Å²) in [6.45, 7) is 2.85. The zero-order chi connectivity index (χ0) is 18.4. The highest BCUT2D eigenvalue weighted by Gasteiger charge is 2.10. The Morgan fingerprint density at radius 2 is 1.88 bits per heavy atom. The summed E-state index contributed by atoms with van der Waals surface area (Å²) in [6.07, 6.45) is 3.47. The number of nitrogens with one attached hydrogen (secondary N) is 1. The van der Waals surface area contributed by atoms with Crippen molar-refractivity contribution in [1.29, 1.82) is 0 Å². The number of hydrogen-bond donors (Lipinski definition) is 1. The zero-order valence-corrected chi connectivity index (χ0v) is 15.5. The van der Waals surface area contributed by atoms with Gasteiger partial charge in [-0.25, -0.2) is 0 Å². The van der Waals surface area contributed by atoms with Crippen LogP contribution in [0.1, 0.15) is 25.7 Å². The number of ether oxygens (including phenoxy) is 2. The standard InChI is InChI=1S/C20H20N2O3S/c1-14-3-6-19(26-14)20(23)22-12-16-4-5-17(18(11-16)24-2)25-13-15-7-9-21-10-8-15/h3-11H,12-13H2,1-2H3,(H,22,23). The van der Waals surface area contributed by atoms with Gasteiger partial charge in [-0.3, -0.25) is 9.78 Å². The minimum absolute atomic E-state index is 0.0694. The topological polar surface area (TPSA) is 60.5 Å². The van der Waals surface area contributed by atoms with Gasteiger partial charge < -0.3 is 14.8 Å². The Morgan fingerprint density at radius 3 is 2.58 bits per heavy atom. The molecule has 2 heterocycles. The van der Waals surface area contributed by atoms with E-state index in [4.69, 9.17) is 9.47 Å². The third kappa shape index (κ3) is 4.61. The highest BCUT2D eigenvalue weighted by Crippen LogP contribution is 2.29. The maximum absolute atomic E-state index is 12.2. The van der Waals surface area contributed by atoms with Crippen LogP contribution in [-0.4, -0.2) is 18.0 Å². The normalized spacial score (nSPS) is 10.4. The maximum Gasteiger partial charge on any atom is 0.261 e. The highest BCUT2D eigenvalue weighted by atomic mass is 32.1. The molecule has 0 bridgehead atoms. The molecule has 0 fully saturated rings. The quantitative estimate of drug-likeness (QED) is 0.685. The number of pyridine rings is 1. The Balaban J connectivity index is 1.61. The summed E-state index contributed by atoms with van der Waals surface area (Å²) in [5.74, 6) is 1.23. The molecule has 0 aliphatic rings. The summed E-state index contributed by atoms with van der Waals surface area (Å²) in [5, 5.41) is 2.93. The van der Waals surface area contributed by atoms with Crippen molar-refractivity contribution in [2.75, 3.05) is 7.11 Å². The molecule has 0 atom stereocenters. The number of amides is 1. The predicted molar refractivity (Wildman–Crippen MR) is 102 cm³/mol. The lowest BCUT2D eigenvalue weighted by molar-refractivity contribution is 0.0955. The Labute approximate surface area is 156 Å². The van der Waals surface area contributed by atoms with E-state index in [1.54, 1.807) is 19.5 Å². The van der Waals surface area contributed by atoms with Crippen LogP contribution in [0.5, 0.6) is 11.5 Å². The van der Waals surface area contributed by atoms with Crippen LogP contribution in [0.3, 0.4) is 0 Å². The van der Waals surface area contributed by atoms with E-state index in [1.807, 2.05) is 49.4 Å². The first-order valence-electron chi connectivity index (χ1n) is 8.19. The van der Waals surface area contributed by atoms with Gasteiger partial charge in [-0.2, -0.15) is 0 Å². The Morgan fingerprint density at radius 1 is 1.08 bits per heavy atom. The van der Waals surface area contributed by atoms with Crippen molar-refractivity contribution in [3.63, 3.8) is 0 Å². The second kappa shape index (κ2) is 8.49. The third-order valence-electron chi connectivity index (χ3n) is 3.79. The molecule has 3 rings (SSSR count). The van der Waals surface area contributed by atoms with Crippen LogP contribution < -0.4 is 14.8 Å². The van der Waals surface area contributed by atoms with Crippen molar-refractivity contribution in [2.24, 2.45) is 0 Å². The van der Waals surface area contributed by atoms with Gasteiger partial charge >= 0.3 is 0 Å². The van der Waals surface area contributed by atoms with Gasteiger partial charge in [-0.05, 0) is 54.4 Å². The Kier molecular flexibility index (Phi) is 5.86. The van der Waals surface area contributed by atoms with E-state index in [0.29, 0.717) is 29.5 Å². The number of nitrogens with zero attached hydrogens (tertiary/aromatic N) is 1. The molecule has 2 aromatic heterocycles. The molecule has 26 heavy (non-hydrogen) atoms. The van der Waals surface area contributed by atoms with Crippen LogP contribution in [0.2, 0.25) is 0 Å². The summed E-state index contributed by atoms with van der Waals surface area (Å²) in [6, 6.07) is 13.2. The fourth-order valence-corrected chi connectivity index (χ4v) is 3.19. The number of carbonyl (C=O) groups is 1. The molecule has 0 unspecified atom stereocenters. The summed E-state index contributed by atoms with van der Waals surface area (Å²) in [4.78, 5) is 18.0. The molecule has 5 nitrogen and oxygen atoms in total. The highest BCUT2D eigenvalue weighted by molar-refractivity contribution is 7.13. The van der Waals surface area contributed by atoms with Crippen LogP contribution in [-0.2, 0) is 13.2 Å². The van der Waals surface area contributed by atoms with Crippen LogP contribution in [0, 0.1) is 6.92 Å². The van der Waals surface area contributed by atoms with Gasteiger partial charge in [0.15, 0.2) is 11.5 Å². The lowest BCUT2D eigenvalue weighted by Crippen LogP contribution is -2.21. The first-order chi connectivity index (χ1) is 12.7. The minimum atomic E-state index is -0.0694. The van der Waals surface area contributed by atoms with Gasteiger partial charge in [0.1, 0.15) is 6.61 Å². The molecule has 0 saturated carbocycles. The molecule has 1 aromatic carbocycles. The summed E-state index contributed by atoms with van der Waals surface area (Å²) in [7, 11) is 1.60. The molecule has 6 heteroatoms. The summed E-state index contributed by atoms with van der Waals surface area (Å²) < 4.78 is 11.2. The van der Waals surface area contributed by atoms with Gasteiger partial charge in [0.2, 0.25) is 0 Å². The van der Waals surface area contributed by atoms with E-state index < -0.39 is 0 Å². The molecule has 0 aliphatic heterocycles. The van der Waals surface area contributed by atoms with Gasteiger partial charge in [0.05, 0.1) is 12.0 Å². The number of rotatable bonds is 7. The van der Waals surface area contributed by atoms with Crippen molar-refractivity contribution in [1.82, 2.24) is 10.3 Å². The molecule has 0 radical (unpaired) electrons. The number of carbonyl (C=O) groups excluding carboxylic acids is 1. The van der Waals surface area contributed by atoms with Crippen molar-refractivity contribution >= 4 is 17.2 Å². The average Bonchev–Trinajstić information content (AvgIpc) is 3.12. The summed E-state index contributed by atoms with van der Waals surface area (Å²) in [5.41, 5.74) is 1.98. The molecule has 1 N–H and O–H groups in total. The van der Waals surface area contributed by atoms with E-state index in [2.05, 4.69) is 10.3 Å². The smallest absolute Gasteiger partial charge is 0.261 e. The van der Waals surface area contributed by atoms with Crippen molar-refractivity contribution in [2.45, 2.75) is 20.1 Å². The first-order valence-corrected chi connectivity index (χ1v) is 9.00. The molecule has 3 aromatic rings. The second-order valence-corrected chi connectivity index (χ2v) is 7.01. The van der Waals surface area contributed by atoms with Crippen molar-refractivity contribution < 1.29 is 14.3 Å². The largest absolute Gasteiger partial charge is 0.493 e. The number of hydrogen-bond acceptors (Lipinski definition) is 5. The Hall–Kier alpha value is -2.86. The van der Waals surface area contributed by atoms with Gasteiger partial charge in [-0.15, -0.1) is 11.3 Å². The number of benzene rings is 1. The maximum atomic E-state index is 12.2. The molecule has 0 aliphatic carbocycles. The van der Waals surface area contributed by atoms with Gasteiger partial charge in [-0.1, -0.05) is 6.07 Å². The number of thiophene rings is 1. The van der Waals surface area contributed by atoms with E-state index in [9.17, 15) is 4.79 Å². The van der Waals surface area contributed by atoms with E-state index >= 15 is 0 Å². The fraction of sp³-hybridized carbons (Fsp3) is 0.200. The zero-order valence-electron chi connectivity index (χ0n) is 14.7. The third-order valence-corrected chi connectivity index (χ3v) is 4.79. The molecule has 0 saturated heterocycles. The van der Waals surface area contributed by atoms with E-state index in [1.165, 1.54) is 11.3 Å². The average molecular weight is 368 g/mol. The molecule has 1 amide bonds. The summed E-state index contributed by atoms with van der Waals surface area (Å²) >= 11 is 1.48. The molecular weight excluding hydrogens is 348 g/mol. The SMILES string of the molecule is COc1cc(CNC(=O)c2ccc(C)s2)ccc1OCc1ccncc1. The van der Waals surface area contributed by atoms with Gasteiger partial charge in [0.25, 0.3) is 5.91 Å². The molecule has 134 valence electrons. The molecule has 0 spiro atoms. The van der Waals surface area contributed by atoms with E-state index in [-0.39, 0.29) is 5.91 Å². The lowest BCUT2D eigenvalue weighted by Gasteiger charge is -2.12. The van der Waals surface area contributed by atoms with Crippen molar-refractivity contribution in [3.05, 3.63) is 75.7 Å². The lowest BCUT2D eigenvalue weighted by atomic mass is 10.2. The van der Waals surface area contributed by atoms with Crippen molar-refractivity contribution in [3.8, 4) is 11.5 Å². The monoisotopic (exact) mass is 368 g/mol. The second-order valence-electron chi connectivity index (χ2n) is 5.72. The Bertz CT molecular complexity index is 878. The van der Waals surface area contributed by atoms with Crippen LogP contribution in [0.15, 0.2) is 54.9 Å². The number of aromatic nitrogens is 1. The number of aryl methyl sites for hydroxylation is 1. The van der Waals surface area contributed by atoms with Crippen LogP contribution >= 0.6 is 11.3 Å². The number of methoxy groups -OCH3 is 1. The molecular formula is C20H20N2O3S. The fourth-order valence-electron chi connectivity index (χ4n) is 2.41.